The van der Waals surface area contributed by atoms with Crippen molar-refractivity contribution in [3.63, 3.8) is 0 Å². The largest absolute Gasteiger partial charge is 0.465 e. The highest BCUT2D eigenvalue weighted by molar-refractivity contribution is 9.10. The summed E-state index contributed by atoms with van der Waals surface area (Å²) in [6.45, 7) is 4.06. The Morgan fingerprint density at radius 3 is 2.54 bits per heavy atom. The van der Waals surface area contributed by atoms with Crippen LogP contribution in [0.3, 0.4) is 0 Å². The molecule has 0 fully saturated rings. The monoisotopic (exact) mass is 470 g/mol. The van der Waals surface area contributed by atoms with E-state index in [0.717, 1.165) is 9.86 Å². The number of halogens is 2. The van der Waals surface area contributed by atoms with Crippen molar-refractivity contribution in [3.8, 4) is 0 Å². The topological polar surface area (TPSA) is 73.6 Å². The SMILES string of the molecule is CCOC(=O)[C@H](CC(C)(C)F)S(=O)(=O)c1ccc2oc3cc(Br)ccc3c2c1. The normalized spacial score (nSPS) is 13.8. The van der Waals surface area contributed by atoms with Gasteiger partial charge in [0, 0.05) is 21.7 Å². The first kappa shape index (κ1) is 20.8. The Bertz CT molecular complexity index is 1140. The van der Waals surface area contributed by atoms with E-state index in [4.69, 9.17) is 9.15 Å². The van der Waals surface area contributed by atoms with Crippen LogP contribution in [-0.4, -0.2) is 31.9 Å². The number of carbonyl (C=O) groups is 1. The predicted molar refractivity (Wildman–Crippen MR) is 109 cm³/mol. The molecule has 0 aliphatic carbocycles. The molecule has 0 aliphatic heterocycles. The van der Waals surface area contributed by atoms with Gasteiger partial charge < -0.3 is 9.15 Å². The molecule has 3 rings (SSSR count). The summed E-state index contributed by atoms with van der Waals surface area (Å²) in [5.74, 6) is -0.950. The third kappa shape index (κ3) is 4.07. The molecule has 5 nitrogen and oxygen atoms in total. The number of rotatable bonds is 6. The number of benzene rings is 2. The molecule has 0 N–H and O–H groups in total. The Morgan fingerprint density at radius 1 is 1.18 bits per heavy atom. The summed E-state index contributed by atoms with van der Waals surface area (Å²) in [7, 11) is -4.17. The molecule has 0 saturated carbocycles. The van der Waals surface area contributed by atoms with Gasteiger partial charge in [0.1, 0.15) is 16.8 Å². The molecule has 1 atom stereocenters. The van der Waals surface area contributed by atoms with Crippen LogP contribution in [-0.2, 0) is 19.4 Å². The molecule has 1 heterocycles. The quantitative estimate of drug-likeness (QED) is 0.463. The second-order valence-corrected chi connectivity index (χ2v) is 10.2. The Morgan fingerprint density at radius 2 is 1.89 bits per heavy atom. The molecule has 0 bridgehead atoms. The molecule has 0 saturated heterocycles. The molecular weight excluding hydrogens is 451 g/mol. The van der Waals surface area contributed by atoms with Crippen molar-refractivity contribution in [2.45, 2.75) is 43.0 Å². The maximum Gasteiger partial charge on any atom is 0.324 e. The van der Waals surface area contributed by atoms with Crippen molar-refractivity contribution in [2.24, 2.45) is 0 Å². The summed E-state index contributed by atoms with van der Waals surface area (Å²) >= 11 is 3.37. The summed E-state index contributed by atoms with van der Waals surface area (Å²) < 4.78 is 52.1. The van der Waals surface area contributed by atoms with Gasteiger partial charge in [0.15, 0.2) is 15.1 Å². The molecule has 28 heavy (non-hydrogen) atoms. The van der Waals surface area contributed by atoms with Gasteiger partial charge in [0.25, 0.3) is 0 Å². The summed E-state index contributed by atoms with van der Waals surface area (Å²) in [5, 5.41) is -0.281. The van der Waals surface area contributed by atoms with E-state index in [9.17, 15) is 17.6 Å². The highest BCUT2D eigenvalue weighted by Gasteiger charge is 2.40. The van der Waals surface area contributed by atoms with Gasteiger partial charge in [-0.2, -0.15) is 0 Å². The van der Waals surface area contributed by atoms with Crippen molar-refractivity contribution >= 4 is 53.7 Å². The van der Waals surface area contributed by atoms with Crippen molar-refractivity contribution in [3.05, 3.63) is 40.9 Å². The van der Waals surface area contributed by atoms with Crippen LogP contribution in [0.2, 0.25) is 0 Å². The first-order valence-electron chi connectivity index (χ1n) is 8.74. The number of fused-ring (bicyclic) bond motifs is 3. The van der Waals surface area contributed by atoms with Crippen molar-refractivity contribution < 1.29 is 26.8 Å². The van der Waals surface area contributed by atoms with Crippen molar-refractivity contribution in [2.75, 3.05) is 6.61 Å². The van der Waals surface area contributed by atoms with Crippen LogP contribution >= 0.6 is 15.9 Å². The first-order valence-corrected chi connectivity index (χ1v) is 11.1. The zero-order valence-electron chi connectivity index (χ0n) is 15.7. The highest BCUT2D eigenvalue weighted by atomic mass is 79.9. The third-order valence-electron chi connectivity index (χ3n) is 4.33. The third-order valence-corrected chi connectivity index (χ3v) is 6.84. The Kier molecular flexibility index (Phi) is 5.55. The van der Waals surface area contributed by atoms with E-state index in [0.29, 0.717) is 16.6 Å². The van der Waals surface area contributed by atoms with Crippen molar-refractivity contribution in [1.29, 1.82) is 0 Å². The van der Waals surface area contributed by atoms with Gasteiger partial charge in [0.05, 0.1) is 11.5 Å². The molecule has 0 unspecified atom stereocenters. The van der Waals surface area contributed by atoms with Gasteiger partial charge in [-0.15, -0.1) is 0 Å². The lowest BCUT2D eigenvalue weighted by Crippen LogP contribution is -2.37. The molecule has 0 radical (unpaired) electrons. The molecule has 3 aromatic rings. The van der Waals surface area contributed by atoms with E-state index in [1.54, 1.807) is 19.1 Å². The average molecular weight is 471 g/mol. The number of ether oxygens (including phenoxy) is 1. The first-order chi connectivity index (χ1) is 13.0. The zero-order valence-corrected chi connectivity index (χ0v) is 18.1. The molecule has 8 heteroatoms. The summed E-state index contributed by atoms with van der Waals surface area (Å²) in [6, 6.07) is 9.80. The number of hydrogen-bond acceptors (Lipinski definition) is 5. The molecule has 0 spiro atoms. The summed E-state index contributed by atoms with van der Waals surface area (Å²) in [6.07, 6.45) is -0.495. The van der Waals surface area contributed by atoms with E-state index in [2.05, 4.69) is 15.9 Å². The molecule has 1 aromatic heterocycles. The number of sulfone groups is 1. The summed E-state index contributed by atoms with van der Waals surface area (Å²) in [5.41, 5.74) is -0.736. The van der Waals surface area contributed by atoms with E-state index in [1.165, 1.54) is 26.0 Å². The molecule has 0 amide bonds. The molecule has 0 aliphatic rings. The molecule has 150 valence electrons. The maximum atomic E-state index is 14.2. The van der Waals surface area contributed by atoms with Gasteiger partial charge in [0.2, 0.25) is 0 Å². The fourth-order valence-electron chi connectivity index (χ4n) is 3.07. The second kappa shape index (κ2) is 7.48. The minimum absolute atomic E-state index is 0.0118. The lowest BCUT2D eigenvalue weighted by molar-refractivity contribution is -0.143. The van der Waals surface area contributed by atoms with E-state index in [1.807, 2.05) is 12.1 Å². The number of hydrogen-bond donors (Lipinski definition) is 0. The number of alkyl halides is 1. The highest BCUT2D eigenvalue weighted by Crippen LogP contribution is 2.34. The standard InChI is InChI=1S/C20H20BrFO5S/c1-4-26-19(23)18(11-20(2,3)22)28(24,25)13-6-8-16-15(10-13)14-7-5-12(21)9-17(14)27-16/h5-10,18H,4,11H2,1-3H3/t18-/m0/s1. The van der Waals surface area contributed by atoms with Gasteiger partial charge >= 0.3 is 5.97 Å². The Balaban J connectivity index is 2.13. The number of carbonyl (C=O) groups excluding carboxylic acids is 1. The van der Waals surface area contributed by atoms with E-state index in [-0.39, 0.29) is 11.5 Å². The summed E-state index contributed by atoms with van der Waals surface area (Å²) in [4.78, 5) is 12.2. The fraction of sp³-hybridized carbons (Fsp3) is 0.350. The van der Waals surface area contributed by atoms with Crippen LogP contribution in [0.5, 0.6) is 0 Å². The predicted octanol–water partition coefficient (Wildman–Crippen LogP) is 5.19. The lowest BCUT2D eigenvalue weighted by atomic mass is 10.1. The fourth-order valence-corrected chi connectivity index (χ4v) is 5.21. The lowest BCUT2D eigenvalue weighted by Gasteiger charge is -2.22. The smallest absolute Gasteiger partial charge is 0.324 e. The van der Waals surface area contributed by atoms with Gasteiger partial charge in [-0.1, -0.05) is 15.9 Å². The van der Waals surface area contributed by atoms with Crippen LogP contribution in [0, 0.1) is 0 Å². The Hall–Kier alpha value is -1.93. The minimum atomic E-state index is -4.17. The van der Waals surface area contributed by atoms with Crippen LogP contribution in [0.4, 0.5) is 4.39 Å². The van der Waals surface area contributed by atoms with Crippen LogP contribution in [0.1, 0.15) is 27.2 Å². The van der Waals surface area contributed by atoms with Crippen LogP contribution in [0.15, 0.2) is 50.2 Å². The van der Waals surface area contributed by atoms with Crippen molar-refractivity contribution in [1.82, 2.24) is 0 Å². The number of esters is 1. The van der Waals surface area contributed by atoms with Crippen LogP contribution < -0.4 is 0 Å². The van der Waals surface area contributed by atoms with Gasteiger partial charge in [-0.3, -0.25) is 4.79 Å². The van der Waals surface area contributed by atoms with Gasteiger partial charge in [-0.25, -0.2) is 12.8 Å². The Labute approximate surface area is 170 Å². The minimum Gasteiger partial charge on any atom is -0.465 e. The van der Waals surface area contributed by atoms with E-state index < -0.39 is 33.1 Å². The number of furan rings is 1. The maximum absolute atomic E-state index is 14.2. The van der Waals surface area contributed by atoms with E-state index >= 15 is 0 Å². The molecule has 2 aromatic carbocycles. The van der Waals surface area contributed by atoms with Crippen LogP contribution in [0.25, 0.3) is 21.9 Å². The molecular formula is C20H20BrFO5S. The van der Waals surface area contributed by atoms with Gasteiger partial charge in [-0.05, 0) is 57.2 Å². The average Bonchev–Trinajstić information content (AvgIpc) is 2.95. The second-order valence-electron chi connectivity index (χ2n) is 7.11. The zero-order chi connectivity index (χ0) is 20.7.